The molecule has 44 heavy (non-hydrogen) atoms. The number of nitrogens with one attached hydrogen (secondary N) is 4. The van der Waals surface area contributed by atoms with E-state index in [4.69, 9.17) is 4.74 Å². The van der Waals surface area contributed by atoms with Gasteiger partial charge in [-0.3, -0.25) is 24.0 Å². The molecule has 0 aromatic heterocycles. The SMILES string of the molecule is COCC(=O)N[C@@H](C(=O)N1N=CCC[C@H]1C(=O)N[C@@H](Cc1ccccc1)[C@@H](O)[C@H](C)C(=O)N[C@@H]1CCNC1=O)[C@H](O)C(C)C. The summed E-state index contributed by atoms with van der Waals surface area (Å²) in [4.78, 5) is 64.7. The molecule has 14 heteroatoms. The minimum Gasteiger partial charge on any atom is -0.390 e. The minimum absolute atomic E-state index is 0.168. The van der Waals surface area contributed by atoms with Crippen molar-refractivity contribution in [3.8, 4) is 0 Å². The van der Waals surface area contributed by atoms with Crippen LogP contribution >= 0.6 is 0 Å². The highest BCUT2D eigenvalue weighted by atomic mass is 16.5. The number of nitrogens with zero attached hydrogens (tertiary/aromatic N) is 2. The summed E-state index contributed by atoms with van der Waals surface area (Å²) in [7, 11) is 1.32. The number of hydrogen-bond acceptors (Lipinski definition) is 9. The van der Waals surface area contributed by atoms with Gasteiger partial charge >= 0.3 is 0 Å². The van der Waals surface area contributed by atoms with Crippen LogP contribution in [0.2, 0.25) is 0 Å². The first-order valence-electron chi connectivity index (χ1n) is 14.9. The zero-order chi connectivity index (χ0) is 32.4. The number of hydrazone groups is 1. The largest absolute Gasteiger partial charge is 0.390 e. The van der Waals surface area contributed by atoms with Crippen LogP contribution in [0, 0.1) is 11.8 Å². The molecule has 1 aromatic carbocycles. The van der Waals surface area contributed by atoms with Crippen molar-refractivity contribution in [3.63, 3.8) is 0 Å². The summed E-state index contributed by atoms with van der Waals surface area (Å²) >= 11 is 0. The standard InChI is InChI=1S/C30H44N6O8/c1-17(2)25(38)24(35-23(37)16-44-4)30(43)36-22(11-8-13-32-36)29(42)34-21(15-19-9-6-5-7-10-19)26(39)18(3)27(40)33-20-12-14-31-28(20)41/h5-7,9-10,13,17-18,20-22,24-26,38-39H,8,11-12,14-16H2,1-4H3,(H,31,41)(H,33,40)(H,34,42)(H,35,37)/t18-,20+,21-,22-,24+,25+,26-/m0/s1. The number of ether oxygens (including phenoxy) is 1. The summed E-state index contributed by atoms with van der Waals surface area (Å²) in [5.41, 5.74) is 0.787. The van der Waals surface area contributed by atoms with Gasteiger partial charge in [-0.1, -0.05) is 51.1 Å². The second kappa shape index (κ2) is 16.3. The van der Waals surface area contributed by atoms with Crippen LogP contribution in [0.4, 0.5) is 0 Å². The third-order valence-corrected chi connectivity index (χ3v) is 7.81. The third-order valence-electron chi connectivity index (χ3n) is 7.81. The highest BCUT2D eigenvalue weighted by molar-refractivity contribution is 5.94. The van der Waals surface area contributed by atoms with E-state index in [1.165, 1.54) is 20.2 Å². The van der Waals surface area contributed by atoms with Crippen molar-refractivity contribution in [2.24, 2.45) is 16.9 Å². The van der Waals surface area contributed by atoms with Crippen LogP contribution in [0.15, 0.2) is 35.4 Å². The first-order valence-corrected chi connectivity index (χ1v) is 14.9. The molecule has 6 N–H and O–H groups in total. The highest BCUT2D eigenvalue weighted by Crippen LogP contribution is 2.20. The molecule has 2 heterocycles. The van der Waals surface area contributed by atoms with Crippen molar-refractivity contribution in [1.82, 2.24) is 26.3 Å². The summed E-state index contributed by atoms with van der Waals surface area (Å²) in [6.45, 7) is 4.99. The average Bonchev–Trinajstić information content (AvgIpc) is 3.42. The van der Waals surface area contributed by atoms with Gasteiger partial charge in [0.1, 0.15) is 24.7 Å². The summed E-state index contributed by atoms with van der Waals surface area (Å²) in [6, 6.07) is 4.92. The zero-order valence-corrected chi connectivity index (χ0v) is 25.6. The molecule has 0 bridgehead atoms. The van der Waals surface area contributed by atoms with Gasteiger partial charge in [0, 0.05) is 19.9 Å². The fourth-order valence-corrected chi connectivity index (χ4v) is 5.14. The van der Waals surface area contributed by atoms with E-state index in [1.54, 1.807) is 13.8 Å². The van der Waals surface area contributed by atoms with Crippen molar-refractivity contribution >= 4 is 35.8 Å². The van der Waals surface area contributed by atoms with Crippen LogP contribution in [-0.2, 0) is 35.1 Å². The summed E-state index contributed by atoms with van der Waals surface area (Å²) in [6.07, 6.45) is 0.00606. The van der Waals surface area contributed by atoms with Gasteiger partial charge < -0.3 is 36.2 Å². The molecule has 1 fully saturated rings. The lowest BCUT2D eigenvalue weighted by Crippen LogP contribution is -2.61. The van der Waals surface area contributed by atoms with Gasteiger partial charge in [-0.05, 0) is 37.2 Å². The van der Waals surface area contributed by atoms with Gasteiger partial charge in [0.2, 0.25) is 23.6 Å². The number of aliphatic hydroxyl groups is 2. The predicted molar refractivity (Wildman–Crippen MR) is 160 cm³/mol. The van der Waals surface area contributed by atoms with Gasteiger partial charge in [0.15, 0.2) is 0 Å². The van der Waals surface area contributed by atoms with E-state index in [0.717, 1.165) is 10.6 Å². The maximum Gasteiger partial charge on any atom is 0.268 e. The van der Waals surface area contributed by atoms with E-state index in [-0.39, 0.29) is 25.4 Å². The molecule has 2 aliphatic heterocycles. The van der Waals surface area contributed by atoms with Gasteiger partial charge in [0.25, 0.3) is 5.91 Å². The number of methoxy groups -OCH3 is 1. The summed E-state index contributed by atoms with van der Waals surface area (Å²) in [5, 5.41) is 37.9. The molecule has 1 saturated heterocycles. The lowest BCUT2D eigenvalue weighted by atomic mass is 9.91. The Morgan fingerprint density at radius 2 is 1.77 bits per heavy atom. The van der Waals surface area contributed by atoms with Crippen molar-refractivity contribution in [2.45, 2.75) is 82.8 Å². The molecule has 7 atom stereocenters. The van der Waals surface area contributed by atoms with Crippen LogP contribution in [-0.4, -0.2) is 108 Å². The first-order chi connectivity index (χ1) is 20.9. The van der Waals surface area contributed by atoms with Crippen LogP contribution in [0.1, 0.15) is 45.6 Å². The molecule has 1 aromatic rings. The Labute approximate surface area is 257 Å². The Balaban J connectivity index is 1.82. The van der Waals surface area contributed by atoms with Crippen LogP contribution < -0.4 is 21.3 Å². The molecule has 0 radical (unpaired) electrons. The van der Waals surface area contributed by atoms with E-state index in [0.29, 0.717) is 19.4 Å². The third kappa shape index (κ3) is 9.07. The second-order valence-electron chi connectivity index (χ2n) is 11.5. The molecule has 2 aliphatic rings. The van der Waals surface area contributed by atoms with Crippen molar-refractivity contribution < 1.29 is 38.9 Å². The Morgan fingerprint density at radius 3 is 2.39 bits per heavy atom. The molecule has 3 rings (SSSR count). The Morgan fingerprint density at radius 1 is 1.07 bits per heavy atom. The molecule has 14 nitrogen and oxygen atoms in total. The van der Waals surface area contributed by atoms with Crippen LogP contribution in [0.25, 0.3) is 0 Å². The maximum atomic E-state index is 13.8. The lowest BCUT2D eigenvalue weighted by molar-refractivity contribution is -0.148. The number of carbonyl (C=O) groups is 5. The predicted octanol–water partition coefficient (Wildman–Crippen LogP) is -1.16. The number of amides is 5. The molecule has 0 spiro atoms. The van der Waals surface area contributed by atoms with E-state index in [9.17, 15) is 34.2 Å². The monoisotopic (exact) mass is 616 g/mol. The Bertz CT molecular complexity index is 1200. The number of aliphatic hydroxyl groups excluding tert-OH is 2. The molecule has 242 valence electrons. The smallest absolute Gasteiger partial charge is 0.268 e. The van der Waals surface area contributed by atoms with Gasteiger partial charge in [-0.2, -0.15) is 5.10 Å². The normalized spacial score (nSPS) is 21.5. The fourth-order valence-electron chi connectivity index (χ4n) is 5.14. The molecular formula is C30H44N6O8. The number of carbonyl (C=O) groups excluding carboxylic acids is 5. The number of benzene rings is 1. The van der Waals surface area contributed by atoms with E-state index >= 15 is 0 Å². The summed E-state index contributed by atoms with van der Waals surface area (Å²) < 4.78 is 4.84. The fraction of sp³-hybridized carbons (Fsp3) is 0.600. The van der Waals surface area contributed by atoms with Crippen molar-refractivity contribution in [3.05, 3.63) is 35.9 Å². The van der Waals surface area contributed by atoms with Gasteiger partial charge in [-0.15, -0.1) is 0 Å². The van der Waals surface area contributed by atoms with Crippen molar-refractivity contribution in [1.29, 1.82) is 0 Å². The number of rotatable bonds is 14. The lowest BCUT2D eigenvalue weighted by Gasteiger charge is -2.36. The van der Waals surface area contributed by atoms with Crippen molar-refractivity contribution in [2.75, 3.05) is 20.3 Å². The topological polar surface area (TPSA) is 199 Å². The van der Waals surface area contributed by atoms with Gasteiger partial charge in [-0.25, -0.2) is 5.01 Å². The van der Waals surface area contributed by atoms with E-state index in [2.05, 4.69) is 26.4 Å². The summed E-state index contributed by atoms with van der Waals surface area (Å²) in [5.74, 6) is -4.28. The Kier molecular flexibility index (Phi) is 12.8. The Hall–Kier alpha value is -3.88. The van der Waals surface area contributed by atoms with Gasteiger partial charge in [0.05, 0.1) is 24.2 Å². The average molecular weight is 617 g/mol. The number of hydrogen-bond donors (Lipinski definition) is 6. The molecule has 0 unspecified atom stereocenters. The van der Waals surface area contributed by atoms with Crippen LogP contribution in [0.5, 0.6) is 0 Å². The van der Waals surface area contributed by atoms with E-state index in [1.807, 2.05) is 30.3 Å². The quantitative estimate of drug-likeness (QED) is 0.150. The second-order valence-corrected chi connectivity index (χ2v) is 11.5. The van der Waals surface area contributed by atoms with E-state index < -0.39 is 71.8 Å². The van der Waals surface area contributed by atoms with Crippen LogP contribution in [0.3, 0.4) is 0 Å². The maximum absolute atomic E-state index is 13.8. The molecule has 0 aliphatic carbocycles. The highest BCUT2D eigenvalue weighted by Gasteiger charge is 2.41. The first kappa shape index (κ1) is 34.6. The molecule has 5 amide bonds. The zero-order valence-electron chi connectivity index (χ0n) is 25.6. The molecule has 0 saturated carbocycles. The minimum atomic E-state index is -1.40. The molecular weight excluding hydrogens is 572 g/mol.